The average molecular weight is 412 g/mol. The van der Waals surface area contributed by atoms with Crippen LogP contribution < -0.4 is 10.6 Å². The number of hydrogen-bond acceptors (Lipinski definition) is 3. The highest BCUT2D eigenvalue weighted by atomic mass is 16.3. The first-order chi connectivity index (χ1) is 15.0. The Balaban J connectivity index is 1.60. The minimum absolute atomic E-state index is 0.231. The van der Waals surface area contributed by atoms with Gasteiger partial charge in [-0.1, -0.05) is 66.7 Å². The summed E-state index contributed by atoms with van der Waals surface area (Å²) in [5.74, 6) is -0.458. The van der Waals surface area contributed by atoms with Crippen molar-refractivity contribution in [2.75, 3.05) is 5.32 Å². The Morgan fingerprint density at radius 1 is 0.871 bits per heavy atom. The van der Waals surface area contributed by atoms with E-state index in [9.17, 15) is 9.59 Å². The van der Waals surface area contributed by atoms with E-state index in [-0.39, 0.29) is 11.7 Å². The van der Waals surface area contributed by atoms with E-state index in [1.807, 2.05) is 92.7 Å². The van der Waals surface area contributed by atoms with Crippen molar-refractivity contribution in [2.45, 2.75) is 26.3 Å². The molecule has 0 bridgehead atoms. The first-order valence-electron chi connectivity index (χ1n) is 10.2. The van der Waals surface area contributed by atoms with Crippen LogP contribution in [0.1, 0.15) is 27.2 Å². The second-order valence-electron chi connectivity index (χ2n) is 7.58. The summed E-state index contributed by atoms with van der Waals surface area (Å²) >= 11 is 0. The zero-order chi connectivity index (χ0) is 21.8. The summed E-state index contributed by atoms with van der Waals surface area (Å²) < 4.78 is 5.90. The lowest BCUT2D eigenvalue weighted by Crippen LogP contribution is -2.45. The number of carbonyl (C=O) groups is 2. The van der Waals surface area contributed by atoms with E-state index in [0.29, 0.717) is 17.7 Å². The number of furan rings is 1. The molecule has 1 atom stereocenters. The number of benzene rings is 3. The van der Waals surface area contributed by atoms with Crippen LogP contribution in [-0.4, -0.2) is 17.9 Å². The Morgan fingerprint density at radius 2 is 1.55 bits per heavy atom. The maximum absolute atomic E-state index is 13.1. The van der Waals surface area contributed by atoms with E-state index >= 15 is 0 Å². The second kappa shape index (κ2) is 8.88. The highest BCUT2D eigenvalue weighted by molar-refractivity contribution is 6.03. The van der Waals surface area contributed by atoms with Crippen LogP contribution in [0.5, 0.6) is 0 Å². The minimum Gasteiger partial charge on any atom is -0.450 e. The molecule has 1 heterocycles. The maximum atomic E-state index is 13.1. The molecule has 1 aromatic heterocycles. The number of para-hydroxylation sites is 2. The van der Waals surface area contributed by atoms with Gasteiger partial charge in [-0.05, 0) is 37.1 Å². The van der Waals surface area contributed by atoms with Gasteiger partial charge in [0.1, 0.15) is 11.6 Å². The molecular formula is C26H24N2O3. The van der Waals surface area contributed by atoms with Crippen LogP contribution >= 0.6 is 0 Å². The summed E-state index contributed by atoms with van der Waals surface area (Å²) in [6.45, 7) is 3.80. The molecule has 5 nitrogen and oxygen atoms in total. The SMILES string of the molecule is Cc1c(C(=O)NC(Cc2ccccc2)C(=O)Nc2ccccc2)oc2c(C)cccc12. The van der Waals surface area contributed by atoms with Crippen LogP contribution in [0.4, 0.5) is 5.69 Å². The number of rotatable bonds is 6. The largest absolute Gasteiger partial charge is 0.450 e. The summed E-state index contributed by atoms with van der Waals surface area (Å²) in [6, 6.07) is 23.9. The fourth-order valence-corrected chi connectivity index (χ4v) is 3.63. The molecule has 156 valence electrons. The lowest BCUT2D eigenvalue weighted by molar-refractivity contribution is -0.118. The van der Waals surface area contributed by atoms with Gasteiger partial charge in [0.2, 0.25) is 5.91 Å². The first-order valence-corrected chi connectivity index (χ1v) is 10.2. The van der Waals surface area contributed by atoms with Gasteiger partial charge in [0.15, 0.2) is 5.76 Å². The number of carbonyl (C=O) groups excluding carboxylic acids is 2. The number of amides is 2. The van der Waals surface area contributed by atoms with Crippen molar-refractivity contribution in [3.63, 3.8) is 0 Å². The molecule has 2 amide bonds. The van der Waals surface area contributed by atoms with Gasteiger partial charge in [-0.15, -0.1) is 0 Å². The van der Waals surface area contributed by atoms with Crippen LogP contribution in [0.25, 0.3) is 11.0 Å². The van der Waals surface area contributed by atoms with Crippen molar-refractivity contribution in [1.82, 2.24) is 5.32 Å². The third kappa shape index (κ3) is 4.51. The molecule has 1 unspecified atom stereocenters. The van der Waals surface area contributed by atoms with E-state index in [1.165, 1.54) is 0 Å². The molecule has 2 N–H and O–H groups in total. The fourth-order valence-electron chi connectivity index (χ4n) is 3.63. The number of aryl methyl sites for hydroxylation is 2. The van der Waals surface area contributed by atoms with Crippen LogP contribution in [0, 0.1) is 13.8 Å². The Hall–Kier alpha value is -3.86. The molecule has 0 saturated carbocycles. The van der Waals surface area contributed by atoms with Crippen molar-refractivity contribution >= 4 is 28.5 Å². The highest BCUT2D eigenvalue weighted by Crippen LogP contribution is 2.27. The van der Waals surface area contributed by atoms with Crippen molar-refractivity contribution in [3.05, 3.63) is 101 Å². The predicted molar refractivity (Wildman–Crippen MR) is 122 cm³/mol. The van der Waals surface area contributed by atoms with E-state index in [0.717, 1.165) is 22.1 Å². The molecular weight excluding hydrogens is 388 g/mol. The predicted octanol–water partition coefficient (Wildman–Crippen LogP) is 5.03. The summed E-state index contributed by atoms with van der Waals surface area (Å²) in [5, 5.41) is 6.66. The maximum Gasteiger partial charge on any atom is 0.287 e. The van der Waals surface area contributed by atoms with Crippen molar-refractivity contribution in [1.29, 1.82) is 0 Å². The number of nitrogens with one attached hydrogen (secondary N) is 2. The summed E-state index contributed by atoms with van der Waals surface area (Å²) in [4.78, 5) is 26.2. The molecule has 0 aliphatic rings. The first kappa shape index (κ1) is 20.4. The third-order valence-electron chi connectivity index (χ3n) is 5.31. The number of hydrogen-bond donors (Lipinski definition) is 2. The quantitative estimate of drug-likeness (QED) is 0.467. The summed E-state index contributed by atoms with van der Waals surface area (Å²) in [7, 11) is 0. The molecule has 0 spiro atoms. The standard InChI is InChI=1S/C26H24N2O3/c1-17-10-9-15-21-18(2)24(31-23(17)21)26(30)28-22(16-19-11-5-3-6-12-19)25(29)27-20-13-7-4-8-14-20/h3-15,22H,16H2,1-2H3,(H,27,29)(H,28,30). The third-order valence-corrected chi connectivity index (χ3v) is 5.31. The van der Waals surface area contributed by atoms with E-state index in [4.69, 9.17) is 4.42 Å². The fraction of sp³-hybridized carbons (Fsp3) is 0.154. The average Bonchev–Trinajstić information content (AvgIpc) is 3.13. The Kier molecular flexibility index (Phi) is 5.85. The lowest BCUT2D eigenvalue weighted by Gasteiger charge is -2.18. The molecule has 0 radical (unpaired) electrons. The molecule has 4 aromatic rings. The number of anilines is 1. The van der Waals surface area contributed by atoms with Crippen molar-refractivity contribution in [3.8, 4) is 0 Å². The molecule has 3 aromatic carbocycles. The molecule has 0 aliphatic heterocycles. The van der Waals surface area contributed by atoms with E-state index in [2.05, 4.69) is 10.6 Å². The molecule has 5 heteroatoms. The van der Waals surface area contributed by atoms with Gasteiger partial charge in [0.25, 0.3) is 5.91 Å². The lowest BCUT2D eigenvalue weighted by atomic mass is 10.0. The van der Waals surface area contributed by atoms with E-state index < -0.39 is 11.9 Å². The summed E-state index contributed by atoms with van der Waals surface area (Å²) in [6.07, 6.45) is 0.365. The van der Waals surface area contributed by atoms with Crippen LogP contribution in [-0.2, 0) is 11.2 Å². The van der Waals surface area contributed by atoms with Crippen molar-refractivity contribution < 1.29 is 14.0 Å². The van der Waals surface area contributed by atoms with Gasteiger partial charge < -0.3 is 15.1 Å². The summed E-state index contributed by atoms with van der Waals surface area (Å²) in [5.41, 5.74) is 4.04. The van der Waals surface area contributed by atoms with Gasteiger partial charge in [-0.2, -0.15) is 0 Å². The Bertz CT molecular complexity index is 1210. The van der Waals surface area contributed by atoms with Gasteiger partial charge >= 0.3 is 0 Å². The van der Waals surface area contributed by atoms with Gasteiger partial charge in [0.05, 0.1) is 0 Å². The normalized spacial score (nSPS) is 11.8. The zero-order valence-corrected chi connectivity index (χ0v) is 17.5. The highest BCUT2D eigenvalue weighted by Gasteiger charge is 2.25. The molecule has 0 fully saturated rings. The molecule has 0 aliphatic carbocycles. The number of fused-ring (bicyclic) bond motifs is 1. The molecule has 0 saturated heterocycles. The smallest absolute Gasteiger partial charge is 0.287 e. The van der Waals surface area contributed by atoms with Crippen LogP contribution in [0.2, 0.25) is 0 Å². The van der Waals surface area contributed by atoms with Crippen LogP contribution in [0.3, 0.4) is 0 Å². The molecule has 31 heavy (non-hydrogen) atoms. The zero-order valence-electron chi connectivity index (χ0n) is 17.5. The monoisotopic (exact) mass is 412 g/mol. The van der Waals surface area contributed by atoms with Crippen LogP contribution in [0.15, 0.2) is 83.3 Å². The van der Waals surface area contributed by atoms with Gasteiger partial charge in [0, 0.05) is 23.1 Å². The topological polar surface area (TPSA) is 71.3 Å². The van der Waals surface area contributed by atoms with Gasteiger partial charge in [-0.25, -0.2) is 0 Å². The Morgan fingerprint density at radius 3 is 2.23 bits per heavy atom. The van der Waals surface area contributed by atoms with Crippen molar-refractivity contribution in [2.24, 2.45) is 0 Å². The van der Waals surface area contributed by atoms with E-state index in [1.54, 1.807) is 0 Å². The Labute approximate surface area is 181 Å². The molecule has 4 rings (SSSR count). The van der Waals surface area contributed by atoms with Gasteiger partial charge in [-0.3, -0.25) is 9.59 Å². The minimum atomic E-state index is -0.760. The second-order valence-corrected chi connectivity index (χ2v) is 7.58.